The van der Waals surface area contributed by atoms with E-state index >= 15 is 0 Å². The molecule has 0 aromatic heterocycles. The Morgan fingerprint density at radius 1 is 0.862 bits per heavy atom. The molecule has 0 heterocycles. The molecule has 0 atom stereocenters. The van der Waals surface area contributed by atoms with Crippen molar-refractivity contribution in [1.29, 1.82) is 0 Å². The van der Waals surface area contributed by atoms with Crippen LogP contribution in [0.25, 0.3) is 0 Å². The minimum Gasteiger partial charge on any atom is -0.362 e. The van der Waals surface area contributed by atoms with E-state index in [1.54, 1.807) is 48.5 Å². The fraction of sp³-hybridized carbons (Fsp3) is 0.0909. The van der Waals surface area contributed by atoms with Crippen molar-refractivity contribution >= 4 is 46.2 Å². The second-order valence-electron chi connectivity index (χ2n) is 6.30. The lowest BCUT2D eigenvalue weighted by Crippen LogP contribution is -2.30. The number of halogens is 2. The molecule has 0 bridgehead atoms. The summed E-state index contributed by atoms with van der Waals surface area (Å²) in [7, 11) is 0. The maximum atomic E-state index is 12.9. The van der Waals surface area contributed by atoms with E-state index in [0.717, 1.165) is 17.7 Å². The minimum absolute atomic E-state index is 0.208. The molecule has 0 spiro atoms. The van der Waals surface area contributed by atoms with E-state index in [1.165, 1.54) is 12.1 Å². The molecule has 0 aliphatic carbocycles. The van der Waals surface area contributed by atoms with Gasteiger partial charge in [0.05, 0.1) is 0 Å². The van der Waals surface area contributed by atoms with Gasteiger partial charge in [-0.25, -0.2) is 4.39 Å². The number of anilines is 2. The Kier molecular flexibility index (Phi) is 7.16. The minimum atomic E-state index is -0.244. The fourth-order valence-corrected chi connectivity index (χ4v) is 2.93. The number of amides is 1. The van der Waals surface area contributed by atoms with E-state index in [9.17, 15) is 9.18 Å². The highest BCUT2D eigenvalue weighted by molar-refractivity contribution is 7.80. The SMILES string of the molecule is O=C(Nc1ccc(NC(=S)NCCc2ccc(F)cc2)cc1)c1ccc(Cl)cc1. The van der Waals surface area contributed by atoms with Gasteiger partial charge in [0.15, 0.2) is 5.11 Å². The highest BCUT2D eigenvalue weighted by atomic mass is 35.5. The molecule has 148 valence electrons. The first-order valence-corrected chi connectivity index (χ1v) is 9.74. The van der Waals surface area contributed by atoms with Crippen molar-refractivity contribution in [2.45, 2.75) is 6.42 Å². The van der Waals surface area contributed by atoms with Gasteiger partial charge in [0.1, 0.15) is 5.82 Å². The third-order valence-electron chi connectivity index (χ3n) is 4.12. The lowest BCUT2D eigenvalue weighted by molar-refractivity contribution is 0.102. The first kappa shape index (κ1) is 20.8. The van der Waals surface area contributed by atoms with Crippen LogP contribution in [-0.4, -0.2) is 17.6 Å². The summed E-state index contributed by atoms with van der Waals surface area (Å²) >= 11 is 11.1. The Hall–Kier alpha value is -2.96. The van der Waals surface area contributed by atoms with Gasteiger partial charge < -0.3 is 16.0 Å². The van der Waals surface area contributed by atoms with Crippen LogP contribution in [0.5, 0.6) is 0 Å². The number of nitrogens with one attached hydrogen (secondary N) is 3. The molecule has 3 N–H and O–H groups in total. The van der Waals surface area contributed by atoms with Crippen molar-refractivity contribution in [2.24, 2.45) is 0 Å². The van der Waals surface area contributed by atoms with E-state index in [2.05, 4.69) is 16.0 Å². The molecule has 0 fully saturated rings. The molecule has 29 heavy (non-hydrogen) atoms. The van der Waals surface area contributed by atoms with Crippen molar-refractivity contribution in [1.82, 2.24) is 5.32 Å². The third-order valence-corrected chi connectivity index (χ3v) is 4.62. The third kappa shape index (κ3) is 6.55. The summed E-state index contributed by atoms with van der Waals surface area (Å²) in [5, 5.41) is 10.1. The maximum Gasteiger partial charge on any atom is 0.255 e. The normalized spacial score (nSPS) is 10.3. The molecule has 0 saturated carbocycles. The summed E-state index contributed by atoms with van der Waals surface area (Å²) in [5.74, 6) is -0.452. The fourth-order valence-electron chi connectivity index (χ4n) is 2.59. The Balaban J connectivity index is 1.45. The number of carbonyl (C=O) groups is 1. The Bertz CT molecular complexity index is 976. The van der Waals surface area contributed by atoms with E-state index < -0.39 is 0 Å². The second-order valence-corrected chi connectivity index (χ2v) is 7.14. The van der Waals surface area contributed by atoms with Crippen molar-refractivity contribution in [2.75, 3.05) is 17.2 Å². The zero-order valence-corrected chi connectivity index (χ0v) is 17.0. The number of benzene rings is 3. The molecular weight excluding hydrogens is 409 g/mol. The molecule has 0 radical (unpaired) electrons. The van der Waals surface area contributed by atoms with Gasteiger partial charge in [-0.1, -0.05) is 23.7 Å². The van der Waals surface area contributed by atoms with Crippen molar-refractivity contribution in [3.63, 3.8) is 0 Å². The number of carbonyl (C=O) groups excluding carboxylic acids is 1. The summed E-state index contributed by atoms with van der Waals surface area (Å²) in [6.07, 6.45) is 0.734. The van der Waals surface area contributed by atoms with Crippen LogP contribution in [0.2, 0.25) is 5.02 Å². The van der Waals surface area contributed by atoms with Crippen LogP contribution >= 0.6 is 23.8 Å². The molecule has 1 amide bonds. The summed E-state index contributed by atoms with van der Waals surface area (Å²) in [5.41, 5.74) is 3.03. The van der Waals surface area contributed by atoms with Crippen LogP contribution in [0.3, 0.4) is 0 Å². The van der Waals surface area contributed by atoms with Gasteiger partial charge in [-0.15, -0.1) is 0 Å². The zero-order valence-electron chi connectivity index (χ0n) is 15.4. The molecule has 0 aliphatic rings. The molecule has 3 aromatic carbocycles. The van der Waals surface area contributed by atoms with Crippen molar-refractivity contribution in [3.8, 4) is 0 Å². The Labute approximate surface area is 179 Å². The first-order valence-electron chi connectivity index (χ1n) is 8.96. The molecule has 3 aromatic rings. The van der Waals surface area contributed by atoms with Gasteiger partial charge in [0.25, 0.3) is 5.91 Å². The van der Waals surface area contributed by atoms with Gasteiger partial charge in [0.2, 0.25) is 0 Å². The van der Waals surface area contributed by atoms with Crippen molar-refractivity contribution in [3.05, 3.63) is 94.8 Å². The lowest BCUT2D eigenvalue weighted by atomic mass is 10.1. The van der Waals surface area contributed by atoms with E-state index in [1.807, 2.05) is 12.1 Å². The van der Waals surface area contributed by atoms with Gasteiger partial charge in [-0.2, -0.15) is 0 Å². The summed E-state index contributed by atoms with van der Waals surface area (Å²) < 4.78 is 12.9. The Morgan fingerprint density at radius 3 is 2.07 bits per heavy atom. The number of thiocarbonyl (C=S) groups is 1. The summed E-state index contributed by atoms with van der Waals surface area (Å²) in [6, 6.07) is 20.3. The van der Waals surface area contributed by atoms with E-state index in [4.69, 9.17) is 23.8 Å². The molecule has 0 unspecified atom stereocenters. The van der Waals surface area contributed by atoms with Crippen molar-refractivity contribution < 1.29 is 9.18 Å². The number of hydrogen-bond acceptors (Lipinski definition) is 2. The highest BCUT2D eigenvalue weighted by Crippen LogP contribution is 2.16. The molecule has 0 aliphatic heterocycles. The average Bonchev–Trinajstić information content (AvgIpc) is 2.71. The van der Waals surface area contributed by atoms with Gasteiger partial charge in [-0.3, -0.25) is 4.79 Å². The Morgan fingerprint density at radius 2 is 1.45 bits per heavy atom. The standard InChI is InChI=1S/C22H19ClFN3OS/c23-17-5-3-16(4-6-17)21(28)26-19-9-11-20(12-10-19)27-22(29)25-14-13-15-1-7-18(24)8-2-15/h1-12H,13-14H2,(H,26,28)(H2,25,27,29). The van der Waals surface area contributed by atoms with Gasteiger partial charge in [-0.05, 0) is 84.9 Å². The first-order chi connectivity index (χ1) is 14.0. The van der Waals surface area contributed by atoms with E-state index in [-0.39, 0.29) is 11.7 Å². The number of hydrogen-bond donors (Lipinski definition) is 3. The molecule has 3 rings (SSSR count). The van der Waals surface area contributed by atoms with Crippen LogP contribution < -0.4 is 16.0 Å². The summed E-state index contributed by atoms with van der Waals surface area (Å²) in [4.78, 5) is 12.2. The van der Waals surface area contributed by atoms with Crippen LogP contribution in [0.1, 0.15) is 15.9 Å². The van der Waals surface area contributed by atoms with Crippen LogP contribution in [0, 0.1) is 5.82 Å². The topological polar surface area (TPSA) is 53.2 Å². The second kappa shape index (κ2) is 10.0. The predicted molar refractivity (Wildman–Crippen MR) is 120 cm³/mol. The maximum absolute atomic E-state index is 12.9. The lowest BCUT2D eigenvalue weighted by Gasteiger charge is -2.11. The quantitative estimate of drug-likeness (QED) is 0.469. The van der Waals surface area contributed by atoms with E-state index in [0.29, 0.717) is 27.9 Å². The largest absolute Gasteiger partial charge is 0.362 e. The predicted octanol–water partition coefficient (Wildman–Crippen LogP) is 5.26. The average molecular weight is 428 g/mol. The molecule has 0 saturated heterocycles. The van der Waals surface area contributed by atoms with Gasteiger partial charge >= 0.3 is 0 Å². The molecular formula is C22H19ClFN3OS. The smallest absolute Gasteiger partial charge is 0.255 e. The molecule has 7 heteroatoms. The number of rotatable bonds is 6. The van der Waals surface area contributed by atoms with Gasteiger partial charge in [0, 0.05) is 28.5 Å². The monoisotopic (exact) mass is 427 g/mol. The van der Waals surface area contributed by atoms with Crippen LogP contribution in [0.4, 0.5) is 15.8 Å². The van der Waals surface area contributed by atoms with Crippen LogP contribution in [-0.2, 0) is 6.42 Å². The summed E-state index contributed by atoms with van der Waals surface area (Å²) in [6.45, 7) is 0.632. The van der Waals surface area contributed by atoms with Crippen LogP contribution in [0.15, 0.2) is 72.8 Å². The molecule has 4 nitrogen and oxygen atoms in total. The zero-order chi connectivity index (χ0) is 20.6. The highest BCUT2D eigenvalue weighted by Gasteiger charge is 2.06.